The minimum Gasteiger partial charge on any atom is -0.497 e. The Kier molecular flexibility index (Phi) is 12.1. The Morgan fingerprint density at radius 2 is 1.31 bits per heavy atom. The lowest BCUT2D eigenvalue weighted by atomic mass is 9.98. The summed E-state index contributed by atoms with van der Waals surface area (Å²) in [4.78, 5) is 12.9. The van der Waals surface area contributed by atoms with Crippen LogP contribution in [-0.2, 0) is 4.79 Å². The lowest BCUT2D eigenvalue weighted by molar-refractivity contribution is -0.104. The van der Waals surface area contributed by atoms with E-state index >= 15 is 0 Å². The predicted molar refractivity (Wildman–Crippen MR) is 136 cm³/mol. The van der Waals surface area contributed by atoms with Gasteiger partial charge in [0.1, 0.15) is 17.8 Å². The third-order valence-corrected chi connectivity index (χ3v) is 5.26. The van der Waals surface area contributed by atoms with E-state index in [0.717, 1.165) is 53.9 Å². The maximum absolute atomic E-state index is 10.7. The summed E-state index contributed by atoms with van der Waals surface area (Å²) in [5.74, 6) is 1.74. The van der Waals surface area contributed by atoms with Crippen LogP contribution in [0.3, 0.4) is 0 Å². The average molecular weight is 438 g/mol. The van der Waals surface area contributed by atoms with Gasteiger partial charge >= 0.3 is 0 Å². The molecule has 0 unspecified atom stereocenters. The highest BCUT2D eigenvalue weighted by Crippen LogP contribution is 2.26. The summed E-state index contributed by atoms with van der Waals surface area (Å²) < 4.78 is 10.4. The first kappa shape index (κ1) is 27.2. The van der Waals surface area contributed by atoms with Crippen molar-refractivity contribution in [3.63, 3.8) is 0 Å². The van der Waals surface area contributed by atoms with Crippen LogP contribution in [0.4, 0.5) is 0 Å². The molecule has 0 saturated carbocycles. The monoisotopic (exact) mass is 437 g/mol. The van der Waals surface area contributed by atoms with Gasteiger partial charge in [-0.25, -0.2) is 0 Å². The van der Waals surface area contributed by atoms with Gasteiger partial charge in [-0.05, 0) is 92.9 Å². The summed E-state index contributed by atoms with van der Waals surface area (Å²) in [5.41, 5.74) is 7.02. The molecule has 0 bridgehead atoms. The zero-order valence-corrected chi connectivity index (χ0v) is 21.0. The largest absolute Gasteiger partial charge is 0.497 e. The van der Waals surface area contributed by atoms with Gasteiger partial charge in [-0.2, -0.15) is 0 Å². The molecule has 0 aliphatic heterocycles. The second-order valence-electron chi connectivity index (χ2n) is 7.95. The van der Waals surface area contributed by atoms with Crippen molar-refractivity contribution in [3.8, 4) is 11.5 Å². The van der Waals surface area contributed by atoms with E-state index in [4.69, 9.17) is 9.47 Å². The molecule has 0 atom stereocenters. The fourth-order valence-electron chi connectivity index (χ4n) is 3.73. The maximum Gasteiger partial charge on any atom is 0.146 e. The lowest BCUT2D eigenvalue weighted by Gasteiger charge is -2.15. The van der Waals surface area contributed by atoms with Crippen molar-refractivity contribution in [2.24, 2.45) is 0 Å². The topological polar surface area (TPSA) is 38.8 Å². The number of hydrogen-bond acceptors (Lipinski definition) is 4. The number of likely N-dealkylation sites (N-methyl/N-ethyl adjacent to an activating group) is 1. The number of carbonyl (C=O) groups is 1. The zero-order valence-electron chi connectivity index (χ0n) is 21.0. The molecule has 0 N–H and O–H groups in total. The zero-order chi connectivity index (χ0) is 24.1. The van der Waals surface area contributed by atoms with Gasteiger partial charge in [0.15, 0.2) is 0 Å². The van der Waals surface area contributed by atoms with Gasteiger partial charge in [0.25, 0.3) is 0 Å². The number of benzene rings is 2. The number of aldehydes is 1. The molecule has 0 spiro atoms. The number of methoxy groups -OCH3 is 2. The molecule has 4 heteroatoms. The molecule has 0 aliphatic carbocycles. The van der Waals surface area contributed by atoms with Crippen LogP contribution in [-0.4, -0.2) is 46.0 Å². The highest BCUT2D eigenvalue weighted by molar-refractivity contribution is 5.87. The molecule has 2 rings (SSSR count). The predicted octanol–water partition coefficient (Wildman–Crippen LogP) is 6.52. The van der Waals surface area contributed by atoms with E-state index in [1.807, 2.05) is 50.2 Å². The van der Waals surface area contributed by atoms with E-state index in [0.29, 0.717) is 0 Å². The smallest absolute Gasteiger partial charge is 0.146 e. The first-order valence-corrected chi connectivity index (χ1v) is 11.1. The summed E-state index contributed by atoms with van der Waals surface area (Å²) in [6.45, 7) is 9.29. The van der Waals surface area contributed by atoms with E-state index < -0.39 is 0 Å². The second kappa shape index (κ2) is 14.3. The summed E-state index contributed by atoms with van der Waals surface area (Å²) >= 11 is 0. The number of rotatable bonds is 9. The molecule has 2 aromatic rings. The molecule has 0 aliphatic rings. The number of hydrogen-bond donors (Lipinski definition) is 0. The van der Waals surface area contributed by atoms with E-state index in [1.54, 1.807) is 14.2 Å². The number of nitrogens with zero attached hydrogens (tertiary/aromatic N) is 1. The molecule has 0 aromatic heterocycles. The Hall–Kier alpha value is -2.85. The van der Waals surface area contributed by atoms with Crippen molar-refractivity contribution in [2.75, 3.05) is 34.9 Å². The van der Waals surface area contributed by atoms with Crippen molar-refractivity contribution >= 4 is 17.4 Å². The van der Waals surface area contributed by atoms with Crippen molar-refractivity contribution < 1.29 is 14.3 Å². The molecule has 0 saturated heterocycles. The molecule has 4 nitrogen and oxygen atoms in total. The van der Waals surface area contributed by atoms with Crippen LogP contribution in [0.2, 0.25) is 0 Å². The van der Waals surface area contributed by atoms with Crippen LogP contribution < -0.4 is 9.47 Å². The van der Waals surface area contributed by atoms with Crippen molar-refractivity contribution in [3.05, 3.63) is 70.8 Å². The van der Waals surface area contributed by atoms with E-state index in [9.17, 15) is 4.79 Å². The minimum absolute atomic E-state index is 0.783. The molecule has 0 fully saturated rings. The molecule has 32 heavy (non-hydrogen) atoms. The van der Waals surface area contributed by atoms with Crippen molar-refractivity contribution in [2.45, 2.75) is 40.5 Å². The molecule has 0 amide bonds. The average Bonchev–Trinajstić information content (AvgIpc) is 2.80. The van der Waals surface area contributed by atoms with Crippen molar-refractivity contribution in [1.29, 1.82) is 0 Å². The van der Waals surface area contributed by atoms with Crippen LogP contribution in [0.1, 0.15) is 51.7 Å². The quantitative estimate of drug-likeness (QED) is 0.331. The SMILES string of the molecule is CC/C(=C(/C)C=O)c1cccc(OC)c1.CC/C(=C(/C)CN(C)C)c1cccc(OC)c1. The fourth-order valence-corrected chi connectivity index (χ4v) is 3.73. The maximum atomic E-state index is 10.7. The standard InChI is InChI=1S/C15H23NO.C13H16O2/c1-6-15(12(2)11-16(3)4)13-8-7-9-14(10-13)17-5;1-4-13(10(2)9-14)11-6-5-7-12(8-11)15-3/h7-10H,6,11H2,1-5H3;5-9H,4H2,1-3H3/b15-12+;13-10+. The minimum atomic E-state index is 0.783. The summed E-state index contributed by atoms with van der Waals surface area (Å²) in [6, 6.07) is 16.1. The highest BCUT2D eigenvalue weighted by Gasteiger charge is 2.06. The van der Waals surface area contributed by atoms with Crippen molar-refractivity contribution in [1.82, 2.24) is 4.90 Å². The third kappa shape index (κ3) is 8.35. The number of carbonyl (C=O) groups excluding carboxylic acids is 1. The van der Waals surface area contributed by atoms with Crippen LogP contribution in [0.5, 0.6) is 11.5 Å². The first-order valence-electron chi connectivity index (χ1n) is 11.1. The Morgan fingerprint density at radius 3 is 1.69 bits per heavy atom. The van der Waals surface area contributed by atoms with Crippen LogP contribution in [0.15, 0.2) is 59.7 Å². The van der Waals surface area contributed by atoms with Crippen LogP contribution in [0, 0.1) is 0 Å². The van der Waals surface area contributed by atoms with E-state index in [1.165, 1.54) is 16.7 Å². The Bertz CT molecular complexity index is 926. The van der Waals surface area contributed by atoms with Crippen LogP contribution >= 0.6 is 0 Å². The van der Waals surface area contributed by atoms with E-state index in [-0.39, 0.29) is 0 Å². The van der Waals surface area contributed by atoms with Gasteiger partial charge in [0, 0.05) is 6.54 Å². The third-order valence-electron chi connectivity index (χ3n) is 5.26. The summed E-state index contributed by atoms with van der Waals surface area (Å²) in [6.07, 6.45) is 2.79. The van der Waals surface area contributed by atoms with Gasteiger partial charge in [-0.3, -0.25) is 4.79 Å². The van der Waals surface area contributed by atoms with Gasteiger partial charge in [0.05, 0.1) is 14.2 Å². The lowest BCUT2D eigenvalue weighted by Crippen LogP contribution is -2.14. The van der Waals surface area contributed by atoms with Crippen LogP contribution in [0.25, 0.3) is 11.1 Å². The summed E-state index contributed by atoms with van der Waals surface area (Å²) in [5, 5.41) is 0. The van der Waals surface area contributed by atoms with Gasteiger partial charge in [0.2, 0.25) is 0 Å². The molecule has 174 valence electrons. The normalized spacial score (nSPS) is 12.3. The molecule has 0 heterocycles. The van der Waals surface area contributed by atoms with Gasteiger partial charge < -0.3 is 14.4 Å². The van der Waals surface area contributed by atoms with E-state index in [2.05, 4.69) is 45.0 Å². The second-order valence-corrected chi connectivity index (χ2v) is 7.95. The van der Waals surface area contributed by atoms with Gasteiger partial charge in [-0.1, -0.05) is 43.7 Å². The Morgan fingerprint density at radius 1 is 0.844 bits per heavy atom. The Labute approximate surface area is 194 Å². The van der Waals surface area contributed by atoms with Gasteiger partial charge in [-0.15, -0.1) is 0 Å². The fraction of sp³-hybridized carbons (Fsp3) is 0.393. The summed E-state index contributed by atoms with van der Waals surface area (Å²) in [7, 11) is 7.55. The molecular formula is C28H39NO3. The highest BCUT2D eigenvalue weighted by atomic mass is 16.5. The first-order chi connectivity index (χ1) is 15.3. The number of ether oxygens (including phenoxy) is 2. The Balaban J connectivity index is 0.000000323. The number of allylic oxidation sites excluding steroid dienone is 3. The molecule has 2 aromatic carbocycles. The molecule has 0 radical (unpaired) electrons. The molecular weight excluding hydrogens is 398 g/mol.